The van der Waals surface area contributed by atoms with E-state index in [9.17, 15) is 9.59 Å². The van der Waals surface area contributed by atoms with Gasteiger partial charge in [0.1, 0.15) is 5.41 Å². The van der Waals surface area contributed by atoms with E-state index in [1.165, 1.54) is 6.92 Å². The first-order valence-electron chi connectivity index (χ1n) is 4.46. The Labute approximate surface area is 93.5 Å². The second-order valence-electron chi connectivity index (χ2n) is 3.49. The largest absolute Gasteiger partial charge is 0.480 e. The van der Waals surface area contributed by atoms with Gasteiger partial charge >= 0.3 is 5.97 Å². The zero-order chi connectivity index (χ0) is 11.5. The summed E-state index contributed by atoms with van der Waals surface area (Å²) in [5, 5.41) is 8.99. The monoisotopic (exact) mass is 224 g/mol. The fourth-order valence-corrected chi connectivity index (χ4v) is 1.42. The van der Waals surface area contributed by atoms with Gasteiger partial charge in [-0.3, -0.25) is 9.59 Å². The number of aliphatic carboxylic acids is 1. The van der Waals surface area contributed by atoms with Crippen molar-refractivity contribution in [2.45, 2.75) is 6.92 Å². The van der Waals surface area contributed by atoms with Gasteiger partial charge in [0.2, 0.25) is 0 Å². The summed E-state index contributed by atoms with van der Waals surface area (Å²) in [5.74, 6) is -1.58. The van der Waals surface area contributed by atoms with E-state index in [4.69, 9.17) is 5.11 Å². The van der Waals surface area contributed by atoms with Crippen LogP contribution in [0.25, 0.3) is 0 Å². The van der Waals surface area contributed by atoms with Crippen LogP contribution in [0.1, 0.15) is 17.3 Å². The van der Waals surface area contributed by atoms with E-state index < -0.39 is 17.2 Å². The van der Waals surface area contributed by atoms with Gasteiger partial charge in [0.25, 0.3) is 0 Å². The fraction of sp³-hybridized carbons (Fsp3) is 0.273. The van der Waals surface area contributed by atoms with Crippen LogP contribution in [0.15, 0.2) is 30.3 Å². The van der Waals surface area contributed by atoms with E-state index in [0.29, 0.717) is 5.56 Å². The van der Waals surface area contributed by atoms with Crippen LogP contribution in [0.5, 0.6) is 0 Å². The molecule has 3 nitrogen and oxygen atoms in total. The maximum atomic E-state index is 11.9. The molecular weight excluding hydrogens is 212 g/mol. The molecule has 0 aromatic heterocycles. The minimum absolute atomic E-state index is 0.0178. The Balaban J connectivity index is 3.08. The number of thiol groups is 1. The topological polar surface area (TPSA) is 54.4 Å². The summed E-state index contributed by atoms with van der Waals surface area (Å²) < 4.78 is 0. The Morgan fingerprint density at radius 1 is 1.33 bits per heavy atom. The minimum atomic E-state index is -1.45. The van der Waals surface area contributed by atoms with Crippen LogP contribution in [0, 0.1) is 5.41 Å². The van der Waals surface area contributed by atoms with Crippen LogP contribution in [0.2, 0.25) is 0 Å². The fourth-order valence-electron chi connectivity index (χ4n) is 1.14. The van der Waals surface area contributed by atoms with E-state index in [1.54, 1.807) is 30.3 Å². The van der Waals surface area contributed by atoms with Crippen LogP contribution < -0.4 is 0 Å². The number of carbonyl (C=O) groups excluding carboxylic acids is 1. The molecule has 0 saturated carbocycles. The number of hydrogen-bond acceptors (Lipinski definition) is 3. The SMILES string of the molecule is C[C@@](CS)(C(=O)O)C(=O)c1ccccc1. The Morgan fingerprint density at radius 2 is 1.87 bits per heavy atom. The first-order valence-corrected chi connectivity index (χ1v) is 5.09. The summed E-state index contributed by atoms with van der Waals surface area (Å²) in [7, 11) is 0. The second-order valence-corrected chi connectivity index (χ2v) is 3.81. The average molecular weight is 224 g/mol. The van der Waals surface area contributed by atoms with Gasteiger partial charge in [0, 0.05) is 11.3 Å². The number of benzene rings is 1. The first kappa shape index (κ1) is 11.8. The quantitative estimate of drug-likeness (QED) is 0.466. The zero-order valence-electron chi connectivity index (χ0n) is 8.30. The standard InChI is InChI=1S/C11H12O3S/c1-11(7-15,10(13)14)9(12)8-5-3-2-4-6-8/h2-6,15H,7H2,1H3,(H,13,14)/t11-/m0/s1. The molecule has 80 valence electrons. The molecule has 0 unspecified atom stereocenters. The van der Waals surface area contributed by atoms with Gasteiger partial charge in [0.05, 0.1) is 0 Å². The average Bonchev–Trinajstić information content (AvgIpc) is 2.28. The third-order valence-corrected chi connectivity index (χ3v) is 2.96. The lowest BCUT2D eigenvalue weighted by Crippen LogP contribution is -2.38. The number of carbonyl (C=O) groups is 2. The van der Waals surface area contributed by atoms with Crippen LogP contribution in [0.4, 0.5) is 0 Å². The molecule has 0 heterocycles. The second kappa shape index (κ2) is 4.49. The number of rotatable bonds is 4. The Morgan fingerprint density at radius 3 is 2.27 bits per heavy atom. The molecule has 1 atom stereocenters. The van der Waals surface area contributed by atoms with Crippen molar-refractivity contribution < 1.29 is 14.7 Å². The van der Waals surface area contributed by atoms with Gasteiger partial charge in [-0.1, -0.05) is 30.3 Å². The van der Waals surface area contributed by atoms with Crippen molar-refractivity contribution in [1.82, 2.24) is 0 Å². The number of carboxylic acids is 1. The van der Waals surface area contributed by atoms with E-state index >= 15 is 0 Å². The van der Waals surface area contributed by atoms with Gasteiger partial charge in [-0.15, -0.1) is 0 Å². The number of Topliss-reactive ketones (excluding diaryl/α,β-unsaturated/α-hetero) is 1. The van der Waals surface area contributed by atoms with Gasteiger partial charge in [-0.05, 0) is 6.92 Å². The highest BCUT2D eigenvalue weighted by Gasteiger charge is 2.40. The predicted octanol–water partition coefficient (Wildman–Crippen LogP) is 1.89. The molecule has 0 radical (unpaired) electrons. The molecule has 0 spiro atoms. The number of hydrogen-bond donors (Lipinski definition) is 2. The van der Waals surface area contributed by atoms with E-state index in [-0.39, 0.29) is 5.75 Å². The smallest absolute Gasteiger partial charge is 0.318 e. The summed E-state index contributed by atoms with van der Waals surface area (Å²) >= 11 is 3.93. The molecule has 0 aliphatic carbocycles. The lowest BCUT2D eigenvalue weighted by atomic mass is 9.84. The van der Waals surface area contributed by atoms with Crippen LogP contribution in [-0.4, -0.2) is 22.6 Å². The summed E-state index contributed by atoms with van der Waals surface area (Å²) in [4.78, 5) is 22.9. The highest BCUT2D eigenvalue weighted by Crippen LogP contribution is 2.24. The Hall–Kier alpha value is -1.29. The molecule has 15 heavy (non-hydrogen) atoms. The summed E-state index contributed by atoms with van der Waals surface area (Å²) in [6.07, 6.45) is 0. The molecule has 0 aliphatic heterocycles. The lowest BCUT2D eigenvalue weighted by Gasteiger charge is -2.20. The third kappa shape index (κ3) is 2.21. The lowest BCUT2D eigenvalue weighted by molar-refractivity contribution is -0.143. The van der Waals surface area contributed by atoms with E-state index in [1.807, 2.05) is 0 Å². The van der Waals surface area contributed by atoms with E-state index in [0.717, 1.165) is 0 Å². The Bertz CT molecular complexity index is 375. The molecule has 0 amide bonds. The molecule has 1 N–H and O–H groups in total. The van der Waals surface area contributed by atoms with Crippen LogP contribution in [0.3, 0.4) is 0 Å². The molecule has 1 aromatic carbocycles. The summed E-state index contributed by atoms with van der Waals surface area (Å²) in [6, 6.07) is 8.39. The summed E-state index contributed by atoms with van der Waals surface area (Å²) in [5.41, 5.74) is -1.05. The molecule has 0 aliphatic rings. The van der Waals surface area contributed by atoms with Crippen molar-refractivity contribution in [1.29, 1.82) is 0 Å². The molecule has 1 aromatic rings. The maximum Gasteiger partial charge on any atom is 0.318 e. The van der Waals surface area contributed by atoms with Gasteiger partial charge < -0.3 is 5.11 Å². The van der Waals surface area contributed by atoms with Crippen molar-refractivity contribution in [3.63, 3.8) is 0 Å². The van der Waals surface area contributed by atoms with E-state index in [2.05, 4.69) is 12.6 Å². The summed E-state index contributed by atoms with van der Waals surface area (Å²) in [6.45, 7) is 1.39. The maximum absolute atomic E-state index is 11.9. The molecule has 0 fully saturated rings. The highest BCUT2D eigenvalue weighted by atomic mass is 32.1. The van der Waals surface area contributed by atoms with Crippen LogP contribution >= 0.6 is 12.6 Å². The van der Waals surface area contributed by atoms with Crippen molar-refractivity contribution in [2.75, 3.05) is 5.75 Å². The number of ketones is 1. The third-order valence-electron chi connectivity index (χ3n) is 2.33. The molecular formula is C11H12O3S. The molecule has 1 rings (SSSR count). The molecule has 0 bridgehead atoms. The number of carboxylic acid groups (broad SMARTS) is 1. The molecule has 4 heteroatoms. The highest BCUT2D eigenvalue weighted by molar-refractivity contribution is 7.80. The van der Waals surface area contributed by atoms with Crippen molar-refractivity contribution in [3.8, 4) is 0 Å². The van der Waals surface area contributed by atoms with Crippen molar-refractivity contribution in [3.05, 3.63) is 35.9 Å². The van der Waals surface area contributed by atoms with Gasteiger partial charge in [-0.25, -0.2) is 0 Å². The van der Waals surface area contributed by atoms with Gasteiger partial charge in [-0.2, -0.15) is 12.6 Å². The molecule has 0 saturated heterocycles. The predicted molar refractivity (Wildman–Crippen MR) is 60.4 cm³/mol. The van der Waals surface area contributed by atoms with Gasteiger partial charge in [0.15, 0.2) is 5.78 Å². The van der Waals surface area contributed by atoms with Crippen molar-refractivity contribution >= 4 is 24.4 Å². The Kier molecular flexibility index (Phi) is 3.52. The first-order chi connectivity index (χ1) is 7.02. The normalized spacial score (nSPS) is 14.3. The van der Waals surface area contributed by atoms with Crippen molar-refractivity contribution in [2.24, 2.45) is 5.41 Å². The minimum Gasteiger partial charge on any atom is -0.480 e. The van der Waals surface area contributed by atoms with Crippen LogP contribution in [-0.2, 0) is 4.79 Å². The zero-order valence-corrected chi connectivity index (χ0v) is 9.20.